The molecule has 0 saturated carbocycles. The molecule has 1 atom stereocenters. The van der Waals surface area contributed by atoms with Crippen molar-refractivity contribution in [2.75, 3.05) is 18.5 Å². The minimum Gasteiger partial charge on any atom is -0.462 e. The first-order valence-corrected chi connectivity index (χ1v) is 9.69. The number of rotatable bonds is 8. The van der Waals surface area contributed by atoms with Crippen molar-refractivity contribution in [1.82, 2.24) is 0 Å². The van der Waals surface area contributed by atoms with Crippen LogP contribution in [0, 0.1) is 12.8 Å². The molecule has 142 valence electrons. The van der Waals surface area contributed by atoms with E-state index in [0.717, 1.165) is 23.3 Å². The quantitative estimate of drug-likeness (QED) is 0.551. The SMILES string of the molecule is CCOC(=O)c1c(NC(=O)COC(=O)C[C@H]2C=CCC2)sc(C)c1CC. The van der Waals surface area contributed by atoms with Gasteiger partial charge in [0.25, 0.3) is 5.91 Å². The molecule has 1 aliphatic carbocycles. The summed E-state index contributed by atoms with van der Waals surface area (Å²) in [5.41, 5.74) is 1.27. The van der Waals surface area contributed by atoms with Gasteiger partial charge in [0.2, 0.25) is 0 Å². The van der Waals surface area contributed by atoms with E-state index < -0.39 is 11.9 Å². The maximum atomic E-state index is 12.2. The van der Waals surface area contributed by atoms with E-state index >= 15 is 0 Å². The highest BCUT2D eigenvalue weighted by atomic mass is 32.1. The van der Waals surface area contributed by atoms with Crippen LogP contribution in [0.1, 0.15) is 53.9 Å². The molecule has 1 heterocycles. The second-order valence-electron chi connectivity index (χ2n) is 6.09. The molecule has 26 heavy (non-hydrogen) atoms. The van der Waals surface area contributed by atoms with Crippen molar-refractivity contribution in [3.8, 4) is 0 Å². The number of allylic oxidation sites excluding steroid dienone is 2. The Balaban J connectivity index is 1.96. The summed E-state index contributed by atoms with van der Waals surface area (Å²) in [6.07, 6.45) is 6.93. The molecular weight excluding hydrogens is 354 g/mol. The lowest BCUT2D eigenvalue weighted by atomic mass is 10.1. The third kappa shape index (κ3) is 5.17. The van der Waals surface area contributed by atoms with Gasteiger partial charge in [-0.3, -0.25) is 9.59 Å². The summed E-state index contributed by atoms with van der Waals surface area (Å²) >= 11 is 1.33. The zero-order valence-electron chi connectivity index (χ0n) is 15.4. The number of thiophene rings is 1. The van der Waals surface area contributed by atoms with Crippen molar-refractivity contribution in [3.63, 3.8) is 0 Å². The summed E-state index contributed by atoms with van der Waals surface area (Å²) in [6, 6.07) is 0. The summed E-state index contributed by atoms with van der Waals surface area (Å²) in [5, 5.41) is 3.12. The van der Waals surface area contributed by atoms with Gasteiger partial charge < -0.3 is 14.8 Å². The third-order valence-electron chi connectivity index (χ3n) is 4.20. The molecule has 6 nitrogen and oxygen atoms in total. The Morgan fingerprint density at radius 1 is 1.27 bits per heavy atom. The molecule has 0 saturated heterocycles. The second-order valence-corrected chi connectivity index (χ2v) is 7.32. The number of ether oxygens (including phenoxy) is 2. The predicted octanol–water partition coefficient (Wildman–Crippen LogP) is 3.63. The molecule has 1 aromatic rings. The highest BCUT2D eigenvalue weighted by Gasteiger charge is 2.24. The summed E-state index contributed by atoms with van der Waals surface area (Å²) in [6.45, 7) is 5.48. The van der Waals surface area contributed by atoms with Crippen LogP contribution < -0.4 is 5.32 Å². The molecule has 7 heteroatoms. The van der Waals surface area contributed by atoms with Crippen molar-refractivity contribution in [2.24, 2.45) is 5.92 Å². The number of carbonyl (C=O) groups is 3. The fourth-order valence-corrected chi connectivity index (χ4v) is 4.11. The van der Waals surface area contributed by atoms with Crippen LogP contribution in [-0.2, 0) is 25.5 Å². The summed E-state index contributed by atoms with van der Waals surface area (Å²) < 4.78 is 10.2. The van der Waals surface area contributed by atoms with E-state index in [2.05, 4.69) is 5.32 Å². The van der Waals surface area contributed by atoms with Crippen LogP contribution in [0.3, 0.4) is 0 Å². The molecule has 1 aromatic heterocycles. The standard InChI is InChI=1S/C19H25NO5S/c1-4-14-12(3)26-18(17(14)19(23)24-5-2)20-15(21)11-25-16(22)10-13-8-6-7-9-13/h6,8,13H,4-5,7,9-11H2,1-3H3,(H,20,21)/t13-/m0/s1. The van der Waals surface area contributed by atoms with Gasteiger partial charge in [0.1, 0.15) is 5.00 Å². The van der Waals surface area contributed by atoms with Crippen molar-refractivity contribution in [1.29, 1.82) is 0 Å². The van der Waals surface area contributed by atoms with E-state index in [-0.39, 0.29) is 31.5 Å². The number of hydrogen-bond acceptors (Lipinski definition) is 6. The number of anilines is 1. The molecule has 1 aliphatic rings. The number of hydrogen-bond donors (Lipinski definition) is 1. The van der Waals surface area contributed by atoms with E-state index in [1.807, 2.05) is 26.0 Å². The molecule has 0 bridgehead atoms. The Kier molecular flexibility index (Phi) is 7.38. The van der Waals surface area contributed by atoms with Crippen LogP contribution in [-0.4, -0.2) is 31.1 Å². The number of nitrogens with one attached hydrogen (secondary N) is 1. The Morgan fingerprint density at radius 2 is 2.04 bits per heavy atom. The zero-order chi connectivity index (χ0) is 19.1. The van der Waals surface area contributed by atoms with Crippen LogP contribution in [0.5, 0.6) is 0 Å². The Hall–Kier alpha value is -2.15. The molecule has 0 fully saturated rings. The molecule has 0 spiro atoms. The van der Waals surface area contributed by atoms with Crippen LogP contribution in [0.25, 0.3) is 0 Å². The third-order valence-corrected chi connectivity index (χ3v) is 5.26. The zero-order valence-corrected chi connectivity index (χ0v) is 16.2. The molecule has 0 aromatic carbocycles. The summed E-state index contributed by atoms with van der Waals surface area (Å²) in [5.74, 6) is -1.10. The first-order valence-electron chi connectivity index (χ1n) is 8.87. The monoisotopic (exact) mass is 379 g/mol. The van der Waals surface area contributed by atoms with E-state index in [1.165, 1.54) is 11.3 Å². The average molecular weight is 379 g/mol. The average Bonchev–Trinajstić information content (AvgIpc) is 3.20. The van der Waals surface area contributed by atoms with Gasteiger partial charge >= 0.3 is 11.9 Å². The Labute approximate surface area is 157 Å². The fraction of sp³-hybridized carbons (Fsp3) is 0.526. The lowest BCUT2D eigenvalue weighted by Gasteiger charge is -2.09. The van der Waals surface area contributed by atoms with Gasteiger partial charge in [0.05, 0.1) is 18.6 Å². The Bertz CT molecular complexity index is 707. The van der Waals surface area contributed by atoms with Gasteiger partial charge in [0.15, 0.2) is 6.61 Å². The highest BCUT2D eigenvalue weighted by molar-refractivity contribution is 7.16. The number of esters is 2. The fourth-order valence-electron chi connectivity index (χ4n) is 2.96. The van der Waals surface area contributed by atoms with Crippen molar-refractivity contribution in [3.05, 3.63) is 28.2 Å². The molecule has 0 aliphatic heterocycles. The topological polar surface area (TPSA) is 81.7 Å². The molecular formula is C19H25NO5S. The largest absolute Gasteiger partial charge is 0.462 e. The molecule has 0 radical (unpaired) electrons. The van der Waals surface area contributed by atoms with Gasteiger partial charge in [0, 0.05) is 4.88 Å². The maximum absolute atomic E-state index is 12.2. The van der Waals surface area contributed by atoms with E-state index in [9.17, 15) is 14.4 Å². The molecule has 2 rings (SSSR count). The predicted molar refractivity (Wildman–Crippen MR) is 100 cm³/mol. The van der Waals surface area contributed by atoms with Gasteiger partial charge in [-0.05, 0) is 44.6 Å². The maximum Gasteiger partial charge on any atom is 0.341 e. The van der Waals surface area contributed by atoms with Crippen molar-refractivity contribution < 1.29 is 23.9 Å². The summed E-state index contributed by atoms with van der Waals surface area (Å²) in [7, 11) is 0. The molecule has 1 N–H and O–H groups in total. The van der Waals surface area contributed by atoms with E-state index in [0.29, 0.717) is 17.0 Å². The highest BCUT2D eigenvalue weighted by Crippen LogP contribution is 2.34. The molecule has 1 amide bonds. The van der Waals surface area contributed by atoms with Crippen LogP contribution in [0.15, 0.2) is 12.2 Å². The summed E-state index contributed by atoms with van der Waals surface area (Å²) in [4.78, 5) is 37.2. The van der Waals surface area contributed by atoms with Gasteiger partial charge in [-0.1, -0.05) is 19.1 Å². The molecule has 0 unspecified atom stereocenters. The normalized spacial score (nSPS) is 15.7. The smallest absolute Gasteiger partial charge is 0.341 e. The van der Waals surface area contributed by atoms with Gasteiger partial charge in [-0.2, -0.15) is 0 Å². The lowest BCUT2D eigenvalue weighted by Crippen LogP contribution is -2.22. The Morgan fingerprint density at radius 3 is 2.65 bits per heavy atom. The number of amides is 1. The van der Waals surface area contributed by atoms with E-state index in [4.69, 9.17) is 9.47 Å². The minimum atomic E-state index is -0.463. The number of carbonyl (C=O) groups excluding carboxylic acids is 3. The van der Waals surface area contributed by atoms with Crippen LogP contribution >= 0.6 is 11.3 Å². The van der Waals surface area contributed by atoms with Crippen LogP contribution in [0.4, 0.5) is 5.00 Å². The van der Waals surface area contributed by atoms with Crippen molar-refractivity contribution >= 4 is 34.2 Å². The number of aryl methyl sites for hydroxylation is 1. The first kappa shape index (κ1) is 20.2. The van der Waals surface area contributed by atoms with E-state index in [1.54, 1.807) is 6.92 Å². The van der Waals surface area contributed by atoms with Gasteiger partial charge in [-0.15, -0.1) is 11.3 Å². The van der Waals surface area contributed by atoms with Crippen molar-refractivity contribution in [2.45, 2.75) is 46.5 Å². The second kappa shape index (κ2) is 9.52. The minimum absolute atomic E-state index is 0.202. The van der Waals surface area contributed by atoms with Gasteiger partial charge in [-0.25, -0.2) is 4.79 Å². The lowest BCUT2D eigenvalue weighted by molar-refractivity contribution is -0.147. The van der Waals surface area contributed by atoms with Crippen LogP contribution in [0.2, 0.25) is 0 Å². The first-order chi connectivity index (χ1) is 12.5.